The lowest BCUT2D eigenvalue weighted by molar-refractivity contribution is 0.220. The van der Waals surface area contributed by atoms with Gasteiger partial charge in [0.2, 0.25) is 0 Å². The van der Waals surface area contributed by atoms with Gasteiger partial charge in [-0.1, -0.05) is 30.3 Å². The van der Waals surface area contributed by atoms with Gasteiger partial charge in [-0.15, -0.1) is 0 Å². The SMILES string of the molecule is CCOP(=O)(CCC(=C(F)F)c1ccccc1)OCC. The molecule has 6 heteroatoms. The van der Waals surface area contributed by atoms with E-state index < -0.39 is 13.7 Å². The standard InChI is InChI=1S/C14H19F2O3P/c1-3-18-20(17,19-4-2)11-10-13(14(15)16)12-8-6-5-7-9-12/h5-9H,3-4,10-11H2,1-2H3. The molecule has 0 aliphatic carbocycles. The Morgan fingerprint density at radius 2 is 1.65 bits per heavy atom. The highest BCUT2D eigenvalue weighted by Crippen LogP contribution is 2.49. The minimum absolute atomic E-state index is 0.0520. The molecule has 1 aromatic carbocycles. The van der Waals surface area contributed by atoms with E-state index in [4.69, 9.17) is 9.05 Å². The lowest BCUT2D eigenvalue weighted by Gasteiger charge is -2.17. The number of benzene rings is 1. The van der Waals surface area contributed by atoms with E-state index in [0.29, 0.717) is 5.56 Å². The van der Waals surface area contributed by atoms with Crippen LogP contribution in [-0.4, -0.2) is 19.4 Å². The normalized spacial score (nSPS) is 11.4. The van der Waals surface area contributed by atoms with Crippen LogP contribution in [0.3, 0.4) is 0 Å². The Labute approximate surface area is 118 Å². The highest BCUT2D eigenvalue weighted by molar-refractivity contribution is 7.53. The molecule has 0 N–H and O–H groups in total. The maximum absolute atomic E-state index is 13.0. The van der Waals surface area contributed by atoms with E-state index in [-0.39, 0.29) is 31.4 Å². The predicted octanol–water partition coefficient (Wildman–Crippen LogP) is 4.95. The van der Waals surface area contributed by atoms with E-state index in [1.165, 1.54) is 0 Å². The van der Waals surface area contributed by atoms with Gasteiger partial charge in [0.15, 0.2) is 0 Å². The van der Waals surface area contributed by atoms with Gasteiger partial charge in [0.05, 0.1) is 19.4 Å². The van der Waals surface area contributed by atoms with Gasteiger partial charge >= 0.3 is 7.60 Å². The van der Waals surface area contributed by atoms with Crippen LogP contribution in [0, 0.1) is 0 Å². The summed E-state index contributed by atoms with van der Waals surface area (Å²) in [5, 5.41) is 0. The van der Waals surface area contributed by atoms with Gasteiger partial charge in [0.25, 0.3) is 6.08 Å². The van der Waals surface area contributed by atoms with Gasteiger partial charge in [-0.05, 0) is 25.8 Å². The first kappa shape index (κ1) is 17.0. The molecule has 20 heavy (non-hydrogen) atoms. The van der Waals surface area contributed by atoms with E-state index in [1.54, 1.807) is 44.2 Å². The molecule has 0 aliphatic rings. The molecule has 0 unspecified atom stereocenters. The third kappa shape index (κ3) is 5.16. The minimum Gasteiger partial charge on any atom is -0.309 e. The molecule has 0 aliphatic heterocycles. The molecule has 112 valence electrons. The van der Waals surface area contributed by atoms with Gasteiger partial charge in [0, 0.05) is 5.57 Å². The summed E-state index contributed by atoms with van der Waals surface area (Å²) in [4.78, 5) is 0. The average molecular weight is 304 g/mol. The summed E-state index contributed by atoms with van der Waals surface area (Å²) in [5.74, 6) is 0. The van der Waals surface area contributed by atoms with Gasteiger partial charge in [-0.25, -0.2) is 0 Å². The molecule has 0 aromatic heterocycles. The minimum atomic E-state index is -3.30. The summed E-state index contributed by atoms with van der Waals surface area (Å²) in [6.07, 6.45) is -1.88. The molecule has 0 bridgehead atoms. The predicted molar refractivity (Wildman–Crippen MR) is 75.9 cm³/mol. The summed E-state index contributed by atoms with van der Waals surface area (Å²) in [7, 11) is -3.30. The first-order chi connectivity index (χ1) is 9.52. The fourth-order valence-electron chi connectivity index (χ4n) is 1.80. The van der Waals surface area contributed by atoms with E-state index in [2.05, 4.69) is 0 Å². The molecule has 0 heterocycles. The zero-order chi connectivity index (χ0) is 15.0. The van der Waals surface area contributed by atoms with Crippen molar-refractivity contribution < 1.29 is 22.4 Å². The van der Waals surface area contributed by atoms with E-state index >= 15 is 0 Å². The molecule has 0 atom stereocenters. The Morgan fingerprint density at radius 1 is 1.10 bits per heavy atom. The van der Waals surface area contributed by atoms with Crippen LogP contribution >= 0.6 is 7.60 Å². The molecule has 0 saturated carbocycles. The number of hydrogen-bond donors (Lipinski definition) is 0. The van der Waals surface area contributed by atoms with Gasteiger partial charge < -0.3 is 9.05 Å². The van der Waals surface area contributed by atoms with Crippen molar-refractivity contribution in [2.45, 2.75) is 20.3 Å². The van der Waals surface area contributed by atoms with Crippen molar-refractivity contribution in [3.05, 3.63) is 42.0 Å². The molecule has 0 saturated heterocycles. The second kappa shape index (κ2) is 8.30. The van der Waals surface area contributed by atoms with Crippen LogP contribution in [0.25, 0.3) is 5.57 Å². The summed E-state index contributed by atoms with van der Waals surface area (Å²) in [5.41, 5.74) is 0.303. The maximum atomic E-state index is 13.0. The molecule has 1 rings (SSSR count). The van der Waals surface area contributed by atoms with Crippen molar-refractivity contribution >= 4 is 13.2 Å². The van der Waals surface area contributed by atoms with Crippen LogP contribution in [0.1, 0.15) is 25.8 Å². The quantitative estimate of drug-likeness (QED) is 0.637. The third-order valence-electron chi connectivity index (χ3n) is 2.64. The molecule has 0 amide bonds. The Kier molecular flexibility index (Phi) is 7.06. The zero-order valence-electron chi connectivity index (χ0n) is 11.6. The average Bonchev–Trinajstić information content (AvgIpc) is 2.40. The van der Waals surface area contributed by atoms with E-state index in [0.717, 1.165) is 0 Å². The fourth-order valence-corrected chi connectivity index (χ4v) is 3.41. The fraction of sp³-hybridized carbons (Fsp3) is 0.429. The number of allylic oxidation sites excluding steroid dienone is 1. The van der Waals surface area contributed by atoms with Crippen LogP contribution in [0.2, 0.25) is 0 Å². The number of hydrogen-bond acceptors (Lipinski definition) is 3. The van der Waals surface area contributed by atoms with Crippen LogP contribution in [0.5, 0.6) is 0 Å². The molecular weight excluding hydrogens is 285 g/mol. The Morgan fingerprint density at radius 3 is 2.10 bits per heavy atom. The molecule has 1 aromatic rings. The van der Waals surface area contributed by atoms with Gasteiger partial charge in [-0.3, -0.25) is 4.57 Å². The van der Waals surface area contributed by atoms with Crippen LogP contribution in [-0.2, 0) is 13.6 Å². The number of halogens is 2. The lowest BCUT2D eigenvalue weighted by atomic mass is 10.1. The summed E-state index contributed by atoms with van der Waals surface area (Å²) < 4.78 is 48.5. The van der Waals surface area contributed by atoms with Crippen molar-refractivity contribution in [3.8, 4) is 0 Å². The number of rotatable bonds is 8. The van der Waals surface area contributed by atoms with Gasteiger partial charge in [0.1, 0.15) is 0 Å². The second-order valence-corrected chi connectivity index (χ2v) is 6.21. The van der Waals surface area contributed by atoms with Gasteiger partial charge in [-0.2, -0.15) is 8.78 Å². The molecular formula is C14H19F2O3P. The highest BCUT2D eigenvalue weighted by Gasteiger charge is 2.25. The lowest BCUT2D eigenvalue weighted by Crippen LogP contribution is -2.01. The zero-order valence-corrected chi connectivity index (χ0v) is 12.5. The van der Waals surface area contributed by atoms with Crippen LogP contribution in [0.15, 0.2) is 36.4 Å². The highest BCUT2D eigenvalue weighted by atomic mass is 31.2. The third-order valence-corrected chi connectivity index (χ3v) is 4.71. The van der Waals surface area contributed by atoms with Crippen molar-refractivity contribution in [2.24, 2.45) is 0 Å². The molecule has 0 radical (unpaired) electrons. The largest absolute Gasteiger partial charge is 0.330 e. The molecule has 0 spiro atoms. The second-order valence-electron chi connectivity index (χ2n) is 4.03. The Bertz CT molecular complexity index is 474. The Balaban J connectivity index is 2.84. The Hall–Kier alpha value is -1.03. The maximum Gasteiger partial charge on any atom is 0.330 e. The van der Waals surface area contributed by atoms with Crippen molar-refractivity contribution in [3.63, 3.8) is 0 Å². The first-order valence-corrected chi connectivity index (χ1v) is 8.23. The summed E-state index contributed by atoms with van der Waals surface area (Å²) >= 11 is 0. The first-order valence-electron chi connectivity index (χ1n) is 6.50. The van der Waals surface area contributed by atoms with Crippen molar-refractivity contribution in [2.75, 3.05) is 19.4 Å². The van der Waals surface area contributed by atoms with Crippen molar-refractivity contribution in [1.29, 1.82) is 0 Å². The van der Waals surface area contributed by atoms with Crippen molar-refractivity contribution in [1.82, 2.24) is 0 Å². The summed E-state index contributed by atoms with van der Waals surface area (Å²) in [6, 6.07) is 8.32. The molecule has 3 nitrogen and oxygen atoms in total. The smallest absolute Gasteiger partial charge is 0.309 e. The van der Waals surface area contributed by atoms with E-state index in [1.807, 2.05) is 0 Å². The van der Waals surface area contributed by atoms with E-state index in [9.17, 15) is 13.3 Å². The van der Waals surface area contributed by atoms with Crippen LogP contribution < -0.4 is 0 Å². The topological polar surface area (TPSA) is 35.5 Å². The monoisotopic (exact) mass is 304 g/mol. The van der Waals surface area contributed by atoms with Crippen LogP contribution in [0.4, 0.5) is 8.78 Å². The molecule has 0 fully saturated rings. The summed E-state index contributed by atoms with van der Waals surface area (Å²) in [6.45, 7) is 3.82.